The molecule has 0 atom stereocenters. The van der Waals surface area contributed by atoms with E-state index in [-0.39, 0.29) is 11.7 Å². The zero-order valence-electron chi connectivity index (χ0n) is 14.2. The van der Waals surface area contributed by atoms with Crippen LogP contribution in [0.5, 0.6) is 0 Å². The molecule has 3 rings (SSSR count). The number of halogens is 4. The molecule has 0 saturated carbocycles. The summed E-state index contributed by atoms with van der Waals surface area (Å²) in [6.45, 7) is 1.64. The van der Waals surface area contributed by atoms with Crippen LogP contribution in [0.2, 0.25) is 0 Å². The molecular weight excluding hydrogens is 425 g/mol. The van der Waals surface area contributed by atoms with E-state index in [4.69, 9.17) is 0 Å². The lowest BCUT2D eigenvalue weighted by Crippen LogP contribution is -2.48. The molecule has 2 aromatic rings. The minimum atomic E-state index is -4.51. The molecule has 0 radical (unpaired) electrons. The predicted molar refractivity (Wildman–Crippen MR) is 99.0 cm³/mol. The number of aromatic nitrogens is 2. The maximum atomic E-state index is 12.8. The van der Waals surface area contributed by atoms with Gasteiger partial charge in [-0.2, -0.15) is 13.2 Å². The highest BCUT2D eigenvalue weighted by molar-refractivity contribution is 9.10. The van der Waals surface area contributed by atoms with E-state index < -0.39 is 11.9 Å². The summed E-state index contributed by atoms with van der Waals surface area (Å²) in [5, 5.41) is 0. The number of rotatable bonds is 3. The summed E-state index contributed by atoms with van der Waals surface area (Å²) in [6, 6.07) is 8.49. The number of hydrogen-bond donors (Lipinski definition) is 0. The first-order valence-corrected chi connectivity index (χ1v) is 8.99. The highest BCUT2D eigenvalue weighted by atomic mass is 79.9. The molecule has 1 amide bonds. The van der Waals surface area contributed by atoms with Crippen LogP contribution in [-0.4, -0.2) is 47.0 Å². The van der Waals surface area contributed by atoms with Crippen LogP contribution < -0.4 is 4.90 Å². The van der Waals surface area contributed by atoms with Crippen molar-refractivity contribution in [3.63, 3.8) is 0 Å². The lowest BCUT2D eigenvalue weighted by Gasteiger charge is -2.35. The van der Waals surface area contributed by atoms with E-state index in [1.807, 2.05) is 24.3 Å². The van der Waals surface area contributed by atoms with E-state index in [2.05, 4.69) is 25.9 Å². The Morgan fingerprint density at radius 1 is 1.07 bits per heavy atom. The standard InChI is InChI=1S/C18H16BrF3N4O/c19-14-4-1-13(2-5-14)3-6-17(27)26-9-7-25(8-10-26)16-11-15(18(20,21)22)23-12-24-16/h1-6,11-12H,7-10H2. The number of nitrogens with zero attached hydrogens (tertiary/aromatic N) is 4. The third-order valence-electron chi connectivity index (χ3n) is 4.15. The molecule has 0 N–H and O–H groups in total. The topological polar surface area (TPSA) is 49.3 Å². The van der Waals surface area contributed by atoms with Crippen LogP contribution in [0.1, 0.15) is 11.3 Å². The van der Waals surface area contributed by atoms with E-state index >= 15 is 0 Å². The first kappa shape index (κ1) is 19.3. The van der Waals surface area contributed by atoms with E-state index in [9.17, 15) is 18.0 Å². The number of alkyl halides is 3. The van der Waals surface area contributed by atoms with Gasteiger partial charge in [0.05, 0.1) is 0 Å². The van der Waals surface area contributed by atoms with Crippen LogP contribution in [-0.2, 0) is 11.0 Å². The second-order valence-electron chi connectivity index (χ2n) is 5.96. The Labute approximate surface area is 162 Å². The molecule has 0 unspecified atom stereocenters. The van der Waals surface area contributed by atoms with Crippen LogP contribution in [0.4, 0.5) is 19.0 Å². The lowest BCUT2D eigenvalue weighted by molar-refractivity contribution is -0.141. The molecule has 9 heteroatoms. The molecule has 0 bridgehead atoms. The first-order chi connectivity index (χ1) is 12.8. The van der Waals surface area contributed by atoms with Crippen molar-refractivity contribution in [2.75, 3.05) is 31.1 Å². The van der Waals surface area contributed by atoms with Crippen LogP contribution in [0.25, 0.3) is 6.08 Å². The predicted octanol–water partition coefficient (Wildman–Crippen LogP) is 3.62. The number of benzene rings is 1. The summed E-state index contributed by atoms with van der Waals surface area (Å²) in [5.74, 6) is 0.0889. The third-order valence-corrected chi connectivity index (χ3v) is 4.68. The van der Waals surface area contributed by atoms with Crippen molar-refractivity contribution < 1.29 is 18.0 Å². The fourth-order valence-electron chi connectivity index (χ4n) is 2.68. The number of hydrogen-bond acceptors (Lipinski definition) is 4. The maximum Gasteiger partial charge on any atom is 0.433 e. The summed E-state index contributed by atoms with van der Waals surface area (Å²) in [5.41, 5.74) is -0.0608. The van der Waals surface area contributed by atoms with Gasteiger partial charge in [-0.1, -0.05) is 28.1 Å². The minimum absolute atomic E-state index is 0.128. The molecule has 1 aromatic carbocycles. The summed E-state index contributed by atoms with van der Waals surface area (Å²) in [4.78, 5) is 22.9. The van der Waals surface area contributed by atoms with Gasteiger partial charge in [0, 0.05) is 42.8 Å². The SMILES string of the molecule is O=C(C=Cc1ccc(Br)cc1)N1CCN(c2cc(C(F)(F)F)ncn2)CC1. The van der Waals surface area contributed by atoms with Gasteiger partial charge in [-0.15, -0.1) is 0 Å². The Kier molecular flexibility index (Phi) is 5.79. The van der Waals surface area contributed by atoms with Crippen LogP contribution >= 0.6 is 15.9 Å². The van der Waals surface area contributed by atoms with Crippen molar-refractivity contribution in [2.24, 2.45) is 0 Å². The summed E-state index contributed by atoms with van der Waals surface area (Å²) in [7, 11) is 0. The van der Waals surface area contributed by atoms with Gasteiger partial charge in [0.25, 0.3) is 0 Å². The van der Waals surface area contributed by atoms with E-state index in [1.54, 1.807) is 15.9 Å². The van der Waals surface area contributed by atoms with Crippen molar-refractivity contribution in [2.45, 2.75) is 6.18 Å². The maximum absolute atomic E-state index is 12.8. The smallest absolute Gasteiger partial charge is 0.353 e. The van der Waals surface area contributed by atoms with Crippen LogP contribution in [0.15, 0.2) is 47.2 Å². The molecule has 2 heterocycles. The van der Waals surface area contributed by atoms with Gasteiger partial charge in [-0.3, -0.25) is 4.79 Å². The van der Waals surface area contributed by atoms with Crippen molar-refractivity contribution in [1.82, 2.24) is 14.9 Å². The third kappa shape index (κ3) is 5.06. The van der Waals surface area contributed by atoms with Crippen LogP contribution in [0.3, 0.4) is 0 Å². The quantitative estimate of drug-likeness (QED) is 0.683. The van der Waals surface area contributed by atoms with Crippen molar-refractivity contribution in [3.8, 4) is 0 Å². The lowest BCUT2D eigenvalue weighted by atomic mass is 10.2. The molecule has 1 fully saturated rings. The summed E-state index contributed by atoms with van der Waals surface area (Å²) in [6.07, 6.45) is -0.351. The fourth-order valence-corrected chi connectivity index (χ4v) is 2.94. The summed E-state index contributed by atoms with van der Waals surface area (Å²) >= 11 is 3.35. The summed E-state index contributed by atoms with van der Waals surface area (Å²) < 4.78 is 39.3. The number of piperazine rings is 1. The van der Waals surface area contributed by atoms with Gasteiger partial charge in [0.2, 0.25) is 5.91 Å². The van der Waals surface area contributed by atoms with Gasteiger partial charge >= 0.3 is 6.18 Å². The Morgan fingerprint density at radius 3 is 2.37 bits per heavy atom. The Balaban J connectivity index is 1.58. The van der Waals surface area contributed by atoms with E-state index in [0.29, 0.717) is 26.2 Å². The molecule has 1 aromatic heterocycles. The van der Waals surface area contributed by atoms with Gasteiger partial charge in [0.15, 0.2) is 0 Å². The largest absolute Gasteiger partial charge is 0.433 e. The average molecular weight is 441 g/mol. The second-order valence-corrected chi connectivity index (χ2v) is 6.87. The molecule has 1 aliphatic rings. The minimum Gasteiger partial charge on any atom is -0.353 e. The monoisotopic (exact) mass is 440 g/mol. The number of anilines is 1. The fraction of sp³-hybridized carbons (Fsp3) is 0.278. The number of carbonyl (C=O) groups is 1. The number of amides is 1. The number of carbonyl (C=O) groups excluding carboxylic acids is 1. The van der Waals surface area contributed by atoms with Crippen molar-refractivity contribution >= 4 is 33.7 Å². The van der Waals surface area contributed by atoms with Gasteiger partial charge < -0.3 is 9.80 Å². The molecule has 1 aliphatic heterocycles. The zero-order valence-corrected chi connectivity index (χ0v) is 15.7. The molecule has 5 nitrogen and oxygen atoms in total. The molecule has 27 heavy (non-hydrogen) atoms. The Morgan fingerprint density at radius 2 is 1.74 bits per heavy atom. The normalized spacial score (nSPS) is 15.4. The molecule has 0 aliphatic carbocycles. The van der Waals surface area contributed by atoms with Crippen molar-refractivity contribution in [1.29, 1.82) is 0 Å². The highest BCUT2D eigenvalue weighted by Gasteiger charge is 2.33. The molecule has 142 valence electrons. The Hall–Kier alpha value is -2.42. The highest BCUT2D eigenvalue weighted by Crippen LogP contribution is 2.29. The van der Waals surface area contributed by atoms with Crippen LogP contribution in [0, 0.1) is 0 Å². The van der Waals surface area contributed by atoms with Gasteiger partial charge in [-0.25, -0.2) is 9.97 Å². The van der Waals surface area contributed by atoms with Gasteiger partial charge in [-0.05, 0) is 23.8 Å². The van der Waals surface area contributed by atoms with Gasteiger partial charge in [0.1, 0.15) is 17.8 Å². The molecule has 0 spiro atoms. The zero-order chi connectivity index (χ0) is 19.4. The average Bonchev–Trinajstić information content (AvgIpc) is 2.67. The van der Waals surface area contributed by atoms with E-state index in [0.717, 1.165) is 22.4 Å². The molecular formula is C18H16BrF3N4O. The van der Waals surface area contributed by atoms with Crippen molar-refractivity contribution in [3.05, 3.63) is 58.5 Å². The molecule has 1 saturated heterocycles. The van der Waals surface area contributed by atoms with E-state index in [1.165, 1.54) is 6.08 Å². The Bertz CT molecular complexity index is 831. The first-order valence-electron chi connectivity index (χ1n) is 8.20. The second kappa shape index (κ2) is 8.08.